The number of carbonyl (C=O) groups is 1. The van der Waals surface area contributed by atoms with E-state index >= 15 is 0 Å². The van der Waals surface area contributed by atoms with Crippen LogP contribution in [0.4, 0.5) is 5.69 Å². The molecule has 0 unspecified atom stereocenters. The fourth-order valence-electron chi connectivity index (χ4n) is 1.93. The number of aryl methyl sites for hydroxylation is 1. The fourth-order valence-corrected chi connectivity index (χ4v) is 1.93. The molecule has 2 rings (SSSR count). The van der Waals surface area contributed by atoms with Crippen LogP contribution < -0.4 is 10.6 Å². The molecule has 1 heterocycles. The van der Waals surface area contributed by atoms with Gasteiger partial charge in [0.05, 0.1) is 5.56 Å². The average Bonchev–Trinajstić information content (AvgIpc) is 2.46. The van der Waals surface area contributed by atoms with Gasteiger partial charge in [-0.3, -0.25) is 9.78 Å². The average molecular weight is 342 g/mol. The van der Waals surface area contributed by atoms with Crippen LogP contribution in [-0.4, -0.2) is 17.4 Å². The minimum absolute atomic E-state index is 0. The minimum atomic E-state index is -0.134. The first-order valence-corrected chi connectivity index (χ1v) is 6.72. The Kier molecular flexibility index (Phi) is 9.42. The van der Waals surface area contributed by atoms with Crippen LogP contribution >= 0.6 is 24.8 Å². The van der Waals surface area contributed by atoms with Gasteiger partial charge in [-0.05, 0) is 36.7 Å². The second kappa shape index (κ2) is 10.2. The first-order chi connectivity index (χ1) is 9.70. The third-order valence-corrected chi connectivity index (χ3v) is 2.97. The van der Waals surface area contributed by atoms with Crippen molar-refractivity contribution in [2.24, 2.45) is 0 Å². The van der Waals surface area contributed by atoms with Gasteiger partial charge in [-0.25, -0.2) is 0 Å². The van der Waals surface area contributed by atoms with Crippen molar-refractivity contribution in [2.75, 3.05) is 11.9 Å². The van der Waals surface area contributed by atoms with E-state index in [1.54, 1.807) is 12.4 Å². The zero-order chi connectivity index (χ0) is 14.4. The van der Waals surface area contributed by atoms with Crippen LogP contribution in [0, 0.1) is 6.92 Å². The second-order valence-corrected chi connectivity index (χ2v) is 4.64. The summed E-state index contributed by atoms with van der Waals surface area (Å²) in [6, 6.07) is 9.63. The first kappa shape index (κ1) is 20.4. The molecule has 1 aromatic heterocycles. The molecule has 2 aromatic rings. The molecular weight excluding hydrogens is 321 g/mol. The number of hydrogen-bond donors (Lipinski definition) is 2. The Labute approximate surface area is 143 Å². The third kappa shape index (κ3) is 5.64. The molecule has 4 nitrogen and oxygen atoms in total. The summed E-state index contributed by atoms with van der Waals surface area (Å²) < 4.78 is 0. The Morgan fingerprint density at radius 2 is 1.91 bits per heavy atom. The van der Waals surface area contributed by atoms with Gasteiger partial charge in [0.15, 0.2) is 0 Å². The molecule has 0 atom stereocenters. The molecule has 0 aliphatic carbocycles. The summed E-state index contributed by atoms with van der Waals surface area (Å²) in [6.45, 7) is 5.60. The minimum Gasteiger partial charge on any atom is -0.322 e. The van der Waals surface area contributed by atoms with Crippen LogP contribution in [0.3, 0.4) is 0 Å². The molecule has 0 saturated carbocycles. The lowest BCUT2D eigenvalue weighted by Crippen LogP contribution is -2.17. The normalized spacial score (nSPS) is 9.36. The molecule has 0 spiro atoms. The van der Waals surface area contributed by atoms with E-state index in [-0.39, 0.29) is 30.7 Å². The van der Waals surface area contributed by atoms with Gasteiger partial charge in [-0.15, -0.1) is 24.8 Å². The van der Waals surface area contributed by atoms with E-state index < -0.39 is 0 Å². The smallest absolute Gasteiger partial charge is 0.257 e. The van der Waals surface area contributed by atoms with E-state index in [1.807, 2.05) is 37.3 Å². The van der Waals surface area contributed by atoms with Crippen LogP contribution in [0.5, 0.6) is 0 Å². The molecule has 0 fully saturated rings. The monoisotopic (exact) mass is 341 g/mol. The molecule has 6 heteroatoms. The zero-order valence-corrected chi connectivity index (χ0v) is 14.3. The third-order valence-electron chi connectivity index (χ3n) is 2.97. The Morgan fingerprint density at radius 3 is 2.59 bits per heavy atom. The number of anilines is 1. The van der Waals surface area contributed by atoms with E-state index in [2.05, 4.69) is 22.5 Å². The number of aromatic nitrogens is 1. The highest BCUT2D eigenvalue weighted by Crippen LogP contribution is 2.16. The van der Waals surface area contributed by atoms with Gasteiger partial charge >= 0.3 is 0 Å². The number of halogens is 2. The number of amides is 1. The Hall–Kier alpha value is -1.62. The Bertz CT molecular complexity index is 605. The number of rotatable bonds is 5. The van der Waals surface area contributed by atoms with E-state index in [0.29, 0.717) is 5.56 Å². The molecular formula is C16H21Cl2N3O. The van der Waals surface area contributed by atoms with E-state index in [9.17, 15) is 4.79 Å². The van der Waals surface area contributed by atoms with Gasteiger partial charge in [-0.2, -0.15) is 0 Å². The highest BCUT2D eigenvalue weighted by atomic mass is 35.5. The predicted molar refractivity (Wildman–Crippen MR) is 95.2 cm³/mol. The molecule has 0 saturated heterocycles. The number of hydrogen-bond acceptors (Lipinski definition) is 3. The lowest BCUT2D eigenvalue weighted by Gasteiger charge is -2.11. The SMILES string of the molecule is CCNCc1ccccc1NC(=O)c1cncc(C)c1.Cl.Cl. The van der Waals surface area contributed by atoms with Crippen molar-refractivity contribution in [1.29, 1.82) is 0 Å². The topological polar surface area (TPSA) is 54.0 Å². The van der Waals surface area contributed by atoms with E-state index in [1.165, 1.54) is 0 Å². The van der Waals surface area contributed by atoms with Gasteiger partial charge in [0.1, 0.15) is 0 Å². The van der Waals surface area contributed by atoms with Crippen molar-refractivity contribution < 1.29 is 4.79 Å². The van der Waals surface area contributed by atoms with Crippen molar-refractivity contribution >= 4 is 36.4 Å². The standard InChI is InChI=1S/C16H19N3O.2ClH/c1-3-17-10-13-6-4-5-7-15(13)19-16(20)14-8-12(2)9-18-11-14;;/h4-9,11,17H,3,10H2,1-2H3,(H,19,20);2*1H. The van der Waals surface area contributed by atoms with E-state index in [4.69, 9.17) is 0 Å². The number of pyridine rings is 1. The lowest BCUT2D eigenvalue weighted by molar-refractivity contribution is 0.102. The van der Waals surface area contributed by atoms with Gasteiger partial charge in [0, 0.05) is 24.6 Å². The molecule has 120 valence electrons. The largest absolute Gasteiger partial charge is 0.322 e. The molecule has 0 radical (unpaired) electrons. The van der Waals surface area contributed by atoms with Crippen molar-refractivity contribution in [3.05, 3.63) is 59.4 Å². The van der Waals surface area contributed by atoms with Crippen molar-refractivity contribution in [3.63, 3.8) is 0 Å². The predicted octanol–water partition coefficient (Wildman–Crippen LogP) is 3.60. The van der Waals surface area contributed by atoms with Crippen LogP contribution in [0.15, 0.2) is 42.7 Å². The fraction of sp³-hybridized carbons (Fsp3) is 0.250. The van der Waals surface area contributed by atoms with Crippen LogP contribution in [0.2, 0.25) is 0 Å². The molecule has 2 N–H and O–H groups in total. The quantitative estimate of drug-likeness (QED) is 0.873. The van der Waals surface area contributed by atoms with Gasteiger partial charge in [0.2, 0.25) is 0 Å². The highest BCUT2D eigenvalue weighted by molar-refractivity contribution is 6.04. The maximum absolute atomic E-state index is 12.2. The van der Waals surface area contributed by atoms with Gasteiger partial charge < -0.3 is 10.6 Å². The number of benzene rings is 1. The molecule has 1 aromatic carbocycles. The summed E-state index contributed by atoms with van der Waals surface area (Å²) in [5.41, 5.74) is 3.45. The maximum Gasteiger partial charge on any atom is 0.257 e. The van der Waals surface area contributed by atoms with Crippen LogP contribution in [0.25, 0.3) is 0 Å². The number of carbonyl (C=O) groups excluding carboxylic acids is 1. The van der Waals surface area contributed by atoms with Crippen molar-refractivity contribution in [3.8, 4) is 0 Å². The highest BCUT2D eigenvalue weighted by Gasteiger charge is 2.09. The van der Waals surface area contributed by atoms with Gasteiger partial charge in [-0.1, -0.05) is 25.1 Å². The maximum atomic E-state index is 12.2. The lowest BCUT2D eigenvalue weighted by atomic mass is 10.1. The van der Waals surface area contributed by atoms with E-state index in [0.717, 1.165) is 29.9 Å². The molecule has 0 aliphatic rings. The Morgan fingerprint density at radius 1 is 1.18 bits per heavy atom. The van der Waals surface area contributed by atoms with Gasteiger partial charge in [0.25, 0.3) is 5.91 Å². The summed E-state index contributed by atoms with van der Waals surface area (Å²) in [4.78, 5) is 16.3. The van der Waals surface area contributed by atoms with Crippen LogP contribution in [-0.2, 0) is 6.54 Å². The summed E-state index contributed by atoms with van der Waals surface area (Å²) in [5.74, 6) is -0.134. The summed E-state index contributed by atoms with van der Waals surface area (Å²) >= 11 is 0. The summed E-state index contributed by atoms with van der Waals surface area (Å²) in [5, 5.41) is 6.21. The number of nitrogens with zero attached hydrogens (tertiary/aromatic N) is 1. The second-order valence-electron chi connectivity index (χ2n) is 4.64. The summed E-state index contributed by atoms with van der Waals surface area (Å²) in [7, 11) is 0. The van der Waals surface area contributed by atoms with Crippen molar-refractivity contribution in [2.45, 2.75) is 20.4 Å². The molecule has 22 heavy (non-hydrogen) atoms. The zero-order valence-electron chi connectivity index (χ0n) is 12.6. The Balaban J connectivity index is 0.00000220. The molecule has 0 aliphatic heterocycles. The molecule has 0 bridgehead atoms. The summed E-state index contributed by atoms with van der Waals surface area (Å²) in [6.07, 6.45) is 3.31. The number of nitrogens with one attached hydrogen (secondary N) is 2. The van der Waals surface area contributed by atoms with Crippen molar-refractivity contribution in [1.82, 2.24) is 10.3 Å². The number of para-hydroxylation sites is 1. The first-order valence-electron chi connectivity index (χ1n) is 6.72. The molecule has 1 amide bonds. The van der Waals surface area contributed by atoms with Crippen LogP contribution in [0.1, 0.15) is 28.4 Å².